The molecule has 0 saturated heterocycles. The molecule has 0 radical (unpaired) electrons. The molecule has 5 nitrogen and oxygen atoms in total. The number of anilines is 1. The Hall–Kier alpha value is -1.92. The predicted molar refractivity (Wildman–Crippen MR) is 73.5 cm³/mol. The number of nitrogens with one attached hydrogen (secondary N) is 1. The van der Waals surface area contributed by atoms with Crippen LogP contribution in [0.25, 0.3) is 0 Å². The number of hydrogen-bond acceptors (Lipinski definition) is 3. The molecular formula is C12H8Cl2FN3O2. The molecule has 20 heavy (non-hydrogen) atoms. The quantitative estimate of drug-likeness (QED) is 0.945. The van der Waals surface area contributed by atoms with E-state index in [0.717, 1.165) is 10.9 Å². The standard InChI is InChI=1S/C12H8Cl2FN3O2/c13-7-5-16-18(12(20)11(7)14)6-10(19)17-9-4-2-1-3-8(9)15/h1-5H,6H2,(H,17,19). The van der Waals surface area contributed by atoms with Gasteiger partial charge in [-0.25, -0.2) is 9.07 Å². The van der Waals surface area contributed by atoms with E-state index in [1.807, 2.05) is 0 Å². The van der Waals surface area contributed by atoms with Crippen LogP contribution in [-0.4, -0.2) is 15.7 Å². The number of nitrogens with zero attached hydrogens (tertiary/aromatic N) is 2. The molecule has 8 heteroatoms. The van der Waals surface area contributed by atoms with Crippen LogP contribution in [0.3, 0.4) is 0 Å². The smallest absolute Gasteiger partial charge is 0.287 e. The Labute approximate surface area is 122 Å². The van der Waals surface area contributed by atoms with E-state index in [4.69, 9.17) is 23.2 Å². The maximum Gasteiger partial charge on any atom is 0.287 e. The van der Waals surface area contributed by atoms with E-state index < -0.39 is 23.8 Å². The lowest BCUT2D eigenvalue weighted by atomic mass is 10.3. The zero-order valence-electron chi connectivity index (χ0n) is 9.94. The van der Waals surface area contributed by atoms with E-state index in [2.05, 4.69) is 10.4 Å². The summed E-state index contributed by atoms with van der Waals surface area (Å²) in [6, 6.07) is 5.68. The lowest BCUT2D eigenvalue weighted by Crippen LogP contribution is -2.30. The first kappa shape index (κ1) is 14.5. The SMILES string of the molecule is O=C(Cn1ncc(Cl)c(Cl)c1=O)Nc1ccccc1F. The highest BCUT2D eigenvalue weighted by Gasteiger charge is 2.12. The summed E-state index contributed by atoms with van der Waals surface area (Å²) in [5.41, 5.74) is -0.673. The molecule has 0 fully saturated rings. The van der Waals surface area contributed by atoms with Crippen LogP contribution in [0.4, 0.5) is 10.1 Å². The van der Waals surface area contributed by atoms with E-state index in [0.29, 0.717) is 0 Å². The molecule has 0 atom stereocenters. The number of benzene rings is 1. The summed E-state index contributed by atoms with van der Waals surface area (Å²) in [7, 11) is 0. The molecule has 0 saturated carbocycles. The molecule has 1 heterocycles. The highest BCUT2D eigenvalue weighted by Crippen LogP contribution is 2.15. The Kier molecular flexibility index (Phi) is 4.36. The second-order valence-electron chi connectivity index (χ2n) is 3.80. The van der Waals surface area contributed by atoms with Gasteiger partial charge < -0.3 is 5.32 Å². The molecule has 2 aromatic rings. The van der Waals surface area contributed by atoms with Crippen LogP contribution in [0.1, 0.15) is 0 Å². The molecule has 0 spiro atoms. The maximum atomic E-state index is 13.3. The molecule has 104 valence electrons. The Morgan fingerprint density at radius 2 is 2.05 bits per heavy atom. The van der Waals surface area contributed by atoms with Gasteiger partial charge in [0.25, 0.3) is 5.56 Å². The lowest BCUT2D eigenvalue weighted by molar-refractivity contribution is -0.117. The Morgan fingerprint density at radius 1 is 1.35 bits per heavy atom. The fourth-order valence-corrected chi connectivity index (χ4v) is 1.72. The topological polar surface area (TPSA) is 64.0 Å². The van der Waals surface area contributed by atoms with Gasteiger partial charge in [-0.2, -0.15) is 5.10 Å². The number of para-hydroxylation sites is 1. The Bertz CT molecular complexity index is 718. The van der Waals surface area contributed by atoms with Crippen molar-refractivity contribution in [3.8, 4) is 0 Å². The summed E-state index contributed by atoms with van der Waals surface area (Å²) in [6.45, 7) is -0.399. The average Bonchev–Trinajstić information content (AvgIpc) is 2.42. The van der Waals surface area contributed by atoms with Gasteiger partial charge in [0.1, 0.15) is 17.4 Å². The third-order valence-corrected chi connectivity index (χ3v) is 3.13. The summed E-state index contributed by atoms with van der Waals surface area (Å²) in [6.07, 6.45) is 1.15. The van der Waals surface area contributed by atoms with E-state index in [9.17, 15) is 14.0 Å². The Balaban J connectivity index is 2.15. The second kappa shape index (κ2) is 6.02. The molecule has 0 bridgehead atoms. The van der Waals surface area contributed by atoms with Crippen LogP contribution in [0.2, 0.25) is 10.0 Å². The number of aromatic nitrogens is 2. The maximum absolute atomic E-state index is 13.3. The van der Waals surface area contributed by atoms with Crippen LogP contribution in [0, 0.1) is 5.82 Å². The molecule has 0 aliphatic heterocycles. The van der Waals surface area contributed by atoms with Crippen LogP contribution < -0.4 is 10.9 Å². The van der Waals surface area contributed by atoms with Gasteiger partial charge in [0.05, 0.1) is 16.9 Å². The van der Waals surface area contributed by atoms with Crippen LogP contribution in [0.5, 0.6) is 0 Å². The number of hydrogen-bond donors (Lipinski definition) is 1. The van der Waals surface area contributed by atoms with Crippen LogP contribution >= 0.6 is 23.2 Å². The van der Waals surface area contributed by atoms with Gasteiger partial charge >= 0.3 is 0 Å². The monoisotopic (exact) mass is 315 g/mol. The van der Waals surface area contributed by atoms with E-state index >= 15 is 0 Å². The average molecular weight is 316 g/mol. The Morgan fingerprint density at radius 3 is 2.75 bits per heavy atom. The van der Waals surface area contributed by atoms with Crippen molar-refractivity contribution >= 4 is 34.8 Å². The van der Waals surface area contributed by atoms with E-state index in [-0.39, 0.29) is 15.7 Å². The van der Waals surface area contributed by atoms with E-state index in [1.165, 1.54) is 18.2 Å². The van der Waals surface area contributed by atoms with Crippen molar-refractivity contribution in [2.75, 3.05) is 5.32 Å². The fourth-order valence-electron chi connectivity index (χ4n) is 1.45. The van der Waals surface area contributed by atoms with Crippen molar-refractivity contribution in [3.63, 3.8) is 0 Å². The number of halogens is 3. The summed E-state index contributed by atoms with van der Waals surface area (Å²) in [4.78, 5) is 23.4. The number of rotatable bonds is 3. The minimum absolute atomic E-state index is 0.00225. The summed E-state index contributed by atoms with van der Waals surface area (Å²) in [5, 5.41) is 5.79. The van der Waals surface area contributed by atoms with Crippen molar-refractivity contribution in [1.82, 2.24) is 9.78 Å². The van der Waals surface area contributed by atoms with Crippen molar-refractivity contribution < 1.29 is 9.18 Å². The normalized spacial score (nSPS) is 10.3. The van der Waals surface area contributed by atoms with Gasteiger partial charge in [0.15, 0.2) is 0 Å². The first-order valence-corrected chi connectivity index (χ1v) is 6.20. The highest BCUT2D eigenvalue weighted by molar-refractivity contribution is 6.41. The molecule has 1 amide bonds. The van der Waals surface area contributed by atoms with Crippen LogP contribution in [0.15, 0.2) is 35.3 Å². The summed E-state index contributed by atoms with van der Waals surface area (Å²) in [5.74, 6) is -1.18. The third kappa shape index (κ3) is 3.15. The number of carbonyl (C=O) groups excluding carboxylic acids is 1. The van der Waals surface area contributed by atoms with Crippen molar-refractivity contribution in [2.45, 2.75) is 6.54 Å². The molecule has 1 N–H and O–H groups in total. The number of amides is 1. The van der Waals surface area contributed by atoms with E-state index in [1.54, 1.807) is 6.07 Å². The van der Waals surface area contributed by atoms with Gasteiger partial charge in [-0.15, -0.1) is 0 Å². The molecule has 0 aliphatic rings. The van der Waals surface area contributed by atoms with Crippen molar-refractivity contribution in [2.24, 2.45) is 0 Å². The molecule has 0 unspecified atom stereocenters. The molecule has 1 aromatic carbocycles. The summed E-state index contributed by atoms with van der Waals surface area (Å²) >= 11 is 11.3. The molecular weight excluding hydrogens is 308 g/mol. The van der Waals surface area contributed by atoms with Gasteiger partial charge in [0.2, 0.25) is 5.91 Å². The molecule has 0 aliphatic carbocycles. The van der Waals surface area contributed by atoms with Crippen molar-refractivity contribution in [3.05, 3.63) is 56.7 Å². The molecule has 2 rings (SSSR count). The first-order valence-electron chi connectivity index (χ1n) is 5.44. The van der Waals surface area contributed by atoms with Gasteiger partial charge in [-0.1, -0.05) is 35.3 Å². The van der Waals surface area contributed by atoms with Crippen LogP contribution in [-0.2, 0) is 11.3 Å². The largest absolute Gasteiger partial charge is 0.322 e. The van der Waals surface area contributed by atoms with Crippen molar-refractivity contribution in [1.29, 1.82) is 0 Å². The predicted octanol–water partition coefficient (Wildman–Crippen LogP) is 2.33. The fraction of sp³-hybridized carbons (Fsp3) is 0.0833. The highest BCUT2D eigenvalue weighted by atomic mass is 35.5. The van der Waals surface area contributed by atoms with Gasteiger partial charge in [-0.05, 0) is 12.1 Å². The molecule has 1 aromatic heterocycles. The zero-order valence-corrected chi connectivity index (χ0v) is 11.5. The first-order chi connectivity index (χ1) is 9.49. The van der Waals surface area contributed by atoms with Gasteiger partial charge in [0, 0.05) is 0 Å². The minimum Gasteiger partial charge on any atom is -0.322 e. The summed E-state index contributed by atoms with van der Waals surface area (Å²) < 4.78 is 14.2. The minimum atomic E-state index is -0.692. The number of carbonyl (C=O) groups is 1. The lowest BCUT2D eigenvalue weighted by Gasteiger charge is -2.07. The van der Waals surface area contributed by atoms with Gasteiger partial charge in [-0.3, -0.25) is 9.59 Å². The zero-order chi connectivity index (χ0) is 14.7. The third-order valence-electron chi connectivity index (χ3n) is 2.38. The second-order valence-corrected chi connectivity index (χ2v) is 4.58.